The van der Waals surface area contributed by atoms with E-state index in [9.17, 15) is 18.0 Å². The Hall–Kier alpha value is -2.74. The van der Waals surface area contributed by atoms with Crippen LogP contribution in [0.1, 0.15) is 17.5 Å². The number of alkyl halides is 3. The van der Waals surface area contributed by atoms with Crippen LogP contribution in [0.2, 0.25) is 0 Å². The topological polar surface area (TPSA) is 48.0 Å². The summed E-state index contributed by atoms with van der Waals surface area (Å²) in [6, 6.07) is 15.1. The van der Waals surface area contributed by atoms with E-state index in [2.05, 4.69) is 4.74 Å². The van der Waals surface area contributed by atoms with E-state index in [1.807, 2.05) is 36.4 Å². The number of carbonyl (C=O) groups is 1. The van der Waals surface area contributed by atoms with Gasteiger partial charge >= 0.3 is 12.1 Å². The second kappa shape index (κ2) is 11.6. The summed E-state index contributed by atoms with van der Waals surface area (Å²) in [5, 5.41) is 0. The third-order valence-corrected chi connectivity index (χ3v) is 4.62. The number of benzene rings is 2. The molecule has 0 aliphatic heterocycles. The summed E-state index contributed by atoms with van der Waals surface area (Å²) in [5.74, 6) is -0.869. The van der Waals surface area contributed by atoms with Crippen LogP contribution in [0.4, 0.5) is 13.2 Å². The standard InChI is InChI=1S/C23H28F3NO4/c1-27(2)14-13-20(31-22(28)23(24,25)26)16-30-21-10-5-4-8-18(21)12-11-17-7-6-9-19(15-17)29-3/h4-10,15,20H,11-14,16H2,1-3H3. The predicted octanol–water partition coefficient (Wildman–Crippen LogP) is 4.29. The number of esters is 1. The minimum Gasteiger partial charge on any atom is -0.497 e. The van der Waals surface area contributed by atoms with Crippen molar-refractivity contribution in [3.05, 3.63) is 59.7 Å². The van der Waals surface area contributed by atoms with Crippen LogP contribution in [0.15, 0.2) is 48.5 Å². The van der Waals surface area contributed by atoms with E-state index in [-0.39, 0.29) is 13.0 Å². The van der Waals surface area contributed by atoms with Gasteiger partial charge in [0.15, 0.2) is 0 Å². The van der Waals surface area contributed by atoms with Crippen LogP contribution in [0.3, 0.4) is 0 Å². The Morgan fingerprint density at radius 3 is 2.48 bits per heavy atom. The monoisotopic (exact) mass is 439 g/mol. The van der Waals surface area contributed by atoms with Gasteiger partial charge in [-0.25, -0.2) is 4.79 Å². The van der Waals surface area contributed by atoms with Gasteiger partial charge in [-0.1, -0.05) is 30.3 Å². The van der Waals surface area contributed by atoms with Gasteiger partial charge < -0.3 is 19.1 Å². The average Bonchev–Trinajstić information content (AvgIpc) is 2.74. The Labute approximate surface area is 180 Å². The highest BCUT2D eigenvalue weighted by atomic mass is 19.4. The van der Waals surface area contributed by atoms with Crippen LogP contribution in [-0.4, -0.2) is 57.5 Å². The summed E-state index contributed by atoms with van der Waals surface area (Å²) in [7, 11) is 5.19. The first kappa shape index (κ1) is 24.5. The number of para-hydroxylation sites is 1. The molecule has 2 rings (SSSR count). The first-order valence-corrected chi connectivity index (χ1v) is 9.95. The highest BCUT2D eigenvalue weighted by Gasteiger charge is 2.42. The quantitative estimate of drug-likeness (QED) is 0.489. The number of carbonyl (C=O) groups excluding carboxylic acids is 1. The molecule has 1 atom stereocenters. The molecule has 0 heterocycles. The Morgan fingerprint density at radius 1 is 1.06 bits per heavy atom. The van der Waals surface area contributed by atoms with Gasteiger partial charge in [0, 0.05) is 13.0 Å². The Balaban J connectivity index is 2.03. The molecule has 2 aromatic carbocycles. The zero-order chi connectivity index (χ0) is 22.9. The molecule has 31 heavy (non-hydrogen) atoms. The maximum atomic E-state index is 12.6. The van der Waals surface area contributed by atoms with Gasteiger partial charge in [0.2, 0.25) is 0 Å². The fraction of sp³-hybridized carbons (Fsp3) is 0.435. The van der Waals surface area contributed by atoms with E-state index in [4.69, 9.17) is 9.47 Å². The number of nitrogens with zero attached hydrogens (tertiary/aromatic N) is 1. The van der Waals surface area contributed by atoms with E-state index >= 15 is 0 Å². The third-order valence-electron chi connectivity index (χ3n) is 4.62. The number of halogens is 3. The molecule has 0 radical (unpaired) electrons. The lowest BCUT2D eigenvalue weighted by Gasteiger charge is -2.21. The molecular weight excluding hydrogens is 411 g/mol. The van der Waals surface area contributed by atoms with Gasteiger partial charge in [-0.05, 0) is 56.3 Å². The van der Waals surface area contributed by atoms with Crippen molar-refractivity contribution in [2.24, 2.45) is 0 Å². The fourth-order valence-electron chi connectivity index (χ4n) is 2.94. The zero-order valence-electron chi connectivity index (χ0n) is 17.9. The lowest BCUT2D eigenvalue weighted by molar-refractivity contribution is -0.206. The van der Waals surface area contributed by atoms with Gasteiger partial charge in [0.05, 0.1) is 7.11 Å². The molecule has 0 saturated heterocycles. The number of aryl methyl sites for hydroxylation is 2. The molecule has 1 unspecified atom stereocenters. The first-order chi connectivity index (χ1) is 14.7. The summed E-state index contributed by atoms with van der Waals surface area (Å²) in [6.07, 6.45) is -4.41. The van der Waals surface area contributed by atoms with Gasteiger partial charge in [0.1, 0.15) is 24.2 Å². The molecule has 0 saturated carbocycles. The van der Waals surface area contributed by atoms with E-state index < -0.39 is 18.2 Å². The highest BCUT2D eigenvalue weighted by Crippen LogP contribution is 2.23. The molecule has 0 fully saturated rings. The second-order valence-corrected chi connectivity index (χ2v) is 7.39. The van der Waals surface area contributed by atoms with E-state index in [1.165, 1.54) is 0 Å². The largest absolute Gasteiger partial charge is 0.497 e. The van der Waals surface area contributed by atoms with Crippen LogP contribution in [0.5, 0.6) is 11.5 Å². The number of hydrogen-bond acceptors (Lipinski definition) is 5. The SMILES string of the molecule is COc1cccc(CCc2ccccc2OCC(CCN(C)C)OC(=O)C(F)(F)F)c1. The number of hydrogen-bond donors (Lipinski definition) is 0. The smallest absolute Gasteiger partial charge is 0.490 e. The van der Waals surface area contributed by atoms with Crippen LogP contribution in [0.25, 0.3) is 0 Å². The summed E-state index contributed by atoms with van der Waals surface area (Å²) < 4.78 is 53.5. The van der Waals surface area contributed by atoms with Crippen LogP contribution < -0.4 is 9.47 Å². The van der Waals surface area contributed by atoms with Crippen molar-refractivity contribution in [1.29, 1.82) is 0 Å². The molecule has 8 heteroatoms. The van der Waals surface area contributed by atoms with Crippen molar-refractivity contribution in [2.45, 2.75) is 31.5 Å². The normalized spacial score (nSPS) is 12.5. The zero-order valence-corrected chi connectivity index (χ0v) is 17.9. The maximum Gasteiger partial charge on any atom is 0.490 e. The molecule has 0 spiro atoms. The molecule has 0 aromatic heterocycles. The summed E-state index contributed by atoms with van der Waals surface area (Å²) in [4.78, 5) is 13.1. The summed E-state index contributed by atoms with van der Waals surface area (Å²) in [5.41, 5.74) is 2.01. The molecule has 0 N–H and O–H groups in total. The molecule has 0 aliphatic rings. The van der Waals surface area contributed by atoms with Crippen LogP contribution in [0, 0.1) is 0 Å². The predicted molar refractivity (Wildman–Crippen MR) is 111 cm³/mol. The molecule has 0 aliphatic carbocycles. The second-order valence-electron chi connectivity index (χ2n) is 7.39. The minimum atomic E-state index is -5.04. The van der Waals surface area contributed by atoms with Crippen molar-refractivity contribution in [3.63, 3.8) is 0 Å². The van der Waals surface area contributed by atoms with E-state index in [1.54, 1.807) is 38.2 Å². The Bertz CT molecular complexity index is 840. The first-order valence-electron chi connectivity index (χ1n) is 9.95. The van der Waals surface area contributed by atoms with Crippen LogP contribution in [-0.2, 0) is 22.4 Å². The lowest BCUT2D eigenvalue weighted by Crippen LogP contribution is -2.35. The molecular formula is C23H28F3NO4. The number of rotatable bonds is 11. The van der Waals surface area contributed by atoms with Crippen molar-refractivity contribution in [1.82, 2.24) is 4.90 Å². The van der Waals surface area contributed by atoms with Crippen LogP contribution >= 0.6 is 0 Å². The molecule has 0 amide bonds. The van der Waals surface area contributed by atoms with Crippen molar-refractivity contribution >= 4 is 5.97 Å². The van der Waals surface area contributed by atoms with Gasteiger partial charge in [0.25, 0.3) is 0 Å². The Kier molecular flexibility index (Phi) is 9.18. The summed E-state index contributed by atoms with van der Waals surface area (Å²) >= 11 is 0. The fourth-order valence-corrected chi connectivity index (χ4v) is 2.94. The molecule has 5 nitrogen and oxygen atoms in total. The van der Waals surface area contributed by atoms with Gasteiger partial charge in [-0.15, -0.1) is 0 Å². The minimum absolute atomic E-state index is 0.161. The highest BCUT2D eigenvalue weighted by molar-refractivity contribution is 5.75. The average molecular weight is 439 g/mol. The van der Waals surface area contributed by atoms with E-state index in [0.29, 0.717) is 18.7 Å². The number of ether oxygens (including phenoxy) is 3. The molecule has 2 aromatic rings. The third kappa shape index (κ3) is 8.49. The lowest BCUT2D eigenvalue weighted by atomic mass is 10.0. The molecule has 0 bridgehead atoms. The van der Waals surface area contributed by atoms with Crippen molar-refractivity contribution in [2.75, 3.05) is 34.4 Å². The Morgan fingerprint density at radius 2 is 1.81 bits per heavy atom. The maximum absolute atomic E-state index is 12.6. The van der Waals surface area contributed by atoms with Gasteiger partial charge in [-0.2, -0.15) is 13.2 Å². The van der Waals surface area contributed by atoms with Crippen molar-refractivity contribution in [3.8, 4) is 11.5 Å². The van der Waals surface area contributed by atoms with E-state index in [0.717, 1.165) is 23.3 Å². The summed E-state index contributed by atoms with van der Waals surface area (Å²) in [6.45, 7) is 0.294. The van der Waals surface area contributed by atoms with Gasteiger partial charge in [-0.3, -0.25) is 0 Å². The molecule has 170 valence electrons. The number of methoxy groups -OCH3 is 1. The van der Waals surface area contributed by atoms with Crippen molar-refractivity contribution < 1.29 is 32.2 Å².